The summed E-state index contributed by atoms with van der Waals surface area (Å²) in [6.07, 6.45) is 0.554. The van der Waals surface area contributed by atoms with Crippen LogP contribution >= 0.6 is 47.8 Å². The molecule has 0 aromatic rings. The van der Waals surface area contributed by atoms with Crippen molar-refractivity contribution in [1.29, 1.82) is 5.26 Å². The summed E-state index contributed by atoms with van der Waals surface area (Å²) in [6.45, 7) is 0. The summed E-state index contributed by atoms with van der Waals surface area (Å²) in [7, 11) is 0. The number of halogens is 3. The Balaban J connectivity index is 4.16. The second kappa shape index (κ2) is 3.69. The summed E-state index contributed by atoms with van der Waals surface area (Å²) in [5, 5.41) is 8.29. The Hall–Kier alpha value is 0.600. The largest absolute Gasteiger partial charge is 0.302 e. The fraction of sp³-hybridized carbons (Fsp3) is 0.500. The Morgan fingerprint density at radius 3 is 2.00 bits per heavy atom. The standard InChI is InChI=1S/C4H2Br3NO/c5-4(6,7)3(1-8)2-9/h2-3H. The average Bonchev–Trinajstić information content (AvgIpc) is 1.65. The number of alkyl halides is 3. The fourth-order valence-corrected chi connectivity index (χ4v) is 0.812. The smallest absolute Gasteiger partial charge is 0.157 e. The van der Waals surface area contributed by atoms with Gasteiger partial charge in [-0.25, -0.2) is 0 Å². The highest BCUT2D eigenvalue weighted by molar-refractivity contribution is 9.39. The van der Waals surface area contributed by atoms with Gasteiger partial charge in [0, 0.05) is 0 Å². The summed E-state index contributed by atoms with van der Waals surface area (Å²) in [4.78, 5) is 10.1. The summed E-state index contributed by atoms with van der Waals surface area (Å²) in [5.74, 6) is -0.725. The van der Waals surface area contributed by atoms with E-state index in [0.717, 1.165) is 0 Å². The van der Waals surface area contributed by atoms with E-state index in [-0.39, 0.29) is 0 Å². The zero-order valence-electron chi connectivity index (χ0n) is 4.14. The molecule has 50 valence electrons. The van der Waals surface area contributed by atoms with Crippen molar-refractivity contribution in [3.63, 3.8) is 0 Å². The Kier molecular flexibility index (Phi) is 3.94. The van der Waals surface area contributed by atoms with Crippen molar-refractivity contribution < 1.29 is 4.79 Å². The number of carbonyl (C=O) groups excluding carboxylic acids is 1. The molecule has 0 saturated heterocycles. The molecule has 5 heteroatoms. The molecule has 0 aromatic carbocycles. The van der Waals surface area contributed by atoms with Gasteiger partial charge in [-0.1, -0.05) is 47.8 Å². The predicted octanol–water partition coefficient (Wildman–Crippen LogP) is 2.16. The van der Waals surface area contributed by atoms with Crippen molar-refractivity contribution in [3.8, 4) is 6.07 Å². The zero-order valence-corrected chi connectivity index (χ0v) is 8.90. The minimum atomic E-state index is -0.774. The predicted molar refractivity (Wildman–Crippen MR) is 44.7 cm³/mol. The third-order valence-corrected chi connectivity index (χ3v) is 2.11. The van der Waals surface area contributed by atoms with Gasteiger partial charge < -0.3 is 4.79 Å². The number of aldehydes is 1. The van der Waals surface area contributed by atoms with Crippen LogP contribution in [0.3, 0.4) is 0 Å². The lowest BCUT2D eigenvalue weighted by molar-refractivity contribution is -0.109. The fourth-order valence-electron chi connectivity index (χ4n) is 0.181. The molecule has 0 aliphatic rings. The van der Waals surface area contributed by atoms with Gasteiger partial charge in [-0.15, -0.1) is 0 Å². The van der Waals surface area contributed by atoms with Gasteiger partial charge in [0.25, 0.3) is 0 Å². The Bertz CT molecular complexity index is 145. The Labute approximate surface area is 78.0 Å². The summed E-state index contributed by atoms with van der Waals surface area (Å²) >= 11 is 9.13. The molecule has 0 N–H and O–H groups in total. The monoisotopic (exact) mass is 317 g/mol. The van der Waals surface area contributed by atoms with E-state index >= 15 is 0 Å². The van der Waals surface area contributed by atoms with Crippen LogP contribution in [0.4, 0.5) is 0 Å². The third kappa shape index (κ3) is 3.33. The number of nitrogens with zero attached hydrogens (tertiary/aromatic N) is 1. The molecular formula is C4H2Br3NO. The van der Waals surface area contributed by atoms with Crippen LogP contribution < -0.4 is 0 Å². The van der Waals surface area contributed by atoms with E-state index in [1.54, 1.807) is 6.07 Å². The van der Waals surface area contributed by atoms with Crippen LogP contribution in [-0.4, -0.2) is 8.43 Å². The van der Waals surface area contributed by atoms with Crippen molar-refractivity contribution in [3.05, 3.63) is 0 Å². The van der Waals surface area contributed by atoms with Crippen LogP contribution in [0.15, 0.2) is 0 Å². The maximum Gasteiger partial charge on any atom is 0.157 e. The SMILES string of the molecule is N#CC(C=O)C(Br)(Br)Br. The maximum absolute atomic E-state index is 10.1. The quantitative estimate of drug-likeness (QED) is 0.549. The molecule has 1 unspecified atom stereocenters. The van der Waals surface area contributed by atoms with Gasteiger partial charge in [0.05, 0.1) is 6.07 Å². The molecule has 0 amide bonds. The van der Waals surface area contributed by atoms with Gasteiger partial charge in [-0.05, 0) is 0 Å². The summed E-state index contributed by atoms with van der Waals surface area (Å²) in [5.41, 5.74) is 0. The molecule has 0 heterocycles. The third-order valence-electron chi connectivity index (χ3n) is 0.628. The lowest BCUT2D eigenvalue weighted by Gasteiger charge is -2.11. The minimum absolute atomic E-state index is 0.554. The van der Waals surface area contributed by atoms with E-state index in [2.05, 4.69) is 47.8 Å². The Morgan fingerprint density at radius 2 is 2.00 bits per heavy atom. The molecule has 0 aliphatic carbocycles. The molecule has 9 heavy (non-hydrogen) atoms. The first-order valence-electron chi connectivity index (χ1n) is 1.94. The first-order valence-corrected chi connectivity index (χ1v) is 4.32. The van der Waals surface area contributed by atoms with Crippen molar-refractivity contribution in [2.24, 2.45) is 5.92 Å². The molecule has 0 fully saturated rings. The van der Waals surface area contributed by atoms with Crippen LogP contribution in [0.1, 0.15) is 0 Å². The molecule has 0 aromatic heterocycles. The highest BCUT2D eigenvalue weighted by atomic mass is 80.0. The molecule has 0 radical (unpaired) electrons. The average molecular weight is 320 g/mol. The van der Waals surface area contributed by atoms with Crippen molar-refractivity contribution in [2.75, 3.05) is 0 Å². The van der Waals surface area contributed by atoms with Gasteiger partial charge in [0.15, 0.2) is 2.14 Å². The topological polar surface area (TPSA) is 40.9 Å². The first kappa shape index (κ1) is 9.60. The molecule has 1 atom stereocenters. The van der Waals surface area contributed by atoms with Gasteiger partial charge in [-0.3, -0.25) is 0 Å². The van der Waals surface area contributed by atoms with Crippen molar-refractivity contribution in [1.82, 2.24) is 0 Å². The maximum atomic E-state index is 10.1. The summed E-state index contributed by atoms with van der Waals surface area (Å²) in [6, 6.07) is 1.78. The first-order chi connectivity index (χ1) is 4.02. The van der Waals surface area contributed by atoms with E-state index in [4.69, 9.17) is 5.26 Å². The number of carbonyl (C=O) groups is 1. The molecular weight excluding hydrogens is 318 g/mol. The van der Waals surface area contributed by atoms with E-state index < -0.39 is 8.06 Å². The molecule has 2 nitrogen and oxygen atoms in total. The molecule has 0 aliphatic heterocycles. The van der Waals surface area contributed by atoms with Crippen LogP contribution in [0.2, 0.25) is 0 Å². The molecule has 0 rings (SSSR count). The molecule has 0 bridgehead atoms. The van der Waals surface area contributed by atoms with E-state index in [0.29, 0.717) is 6.29 Å². The van der Waals surface area contributed by atoms with Crippen LogP contribution in [0.5, 0.6) is 0 Å². The summed E-state index contributed by atoms with van der Waals surface area (Å²) < 4.78 is -0.774. The van der Waals surface area contributed by atoms with Crippen LogP contribution in [0.25, 0.3) is 0 Å². The number of rotatable bonds is 1. The lowest BCUT2D eigenvalue weighted by Crippen LogP contribution is -2.16. The zero-order chi connectivity index (χ0) is 7.49. The van der Waals surface area contributed by atoms with Crippen LogP contribution in [-0.2, 0) is 4.79 Å². The number of hydrogen-bond acceptors (Lipinski definition) is 2. The number of hydrogen-bond donors (Lipinski definition) is 0. The molecule has 0 spiro atoms. The van der Waals surface area contributed by atoms with Crippen molar-refractivity contribution in [2.45, 2.75) is 2.14 Å². The highest BCUT2D eigenvalue weighted by Gasteiger charge is 2.30. The van der Waals surface area contributed by atoms with Gasteiger partial charge in [0.1, 0.15) is 12.2 Å². The number of nitriles is 1. The second-order valence-electron chi connectivity index (χ2n) is 1.28. The highest BCUT2D eigenvalue weighted by Crippen LogP contribution is 2.39. The normalized spacial score (nSPS) is 14.0. The minimum Gasteiger partial charge on any atom is -0.302 e. The van der Waals surface area contributed by atoms with Gasteiger partial charge in [0.2, 0.25) is 0 Å². The van der Waals surface area contributed by atoms with Gasteiger partial charge >= 0.3 is 0 Å². The second-order valence-corrected chi connectivity index (χ2v) is 8.23. The Morgan fingerprint density at radius 1 is 1.56 bits per heavy atom. The van der Waals surface area contributed by atoms with Crippen LogP contribution in [0, 0.1) is 17.2 Å². The van der Waals surface area contributed by atoms with E-state index in [1.165, 1.54) is 0 Å². The van der Waals surface area contributed by atoms with E-state index in [9.17, 15) is 4.79 Å². The molecule has 0 saturated carbocycles. The van der Waals surface area contributed by atoms with Crippen molar-refractivity contribution >= 4 is 54.1 Å². The van der Waals surface area contributed by atoms with Gasteiger partial charge in [-0.2, -0.15) is 5.26 Å². The lowest BCUT2D eigenvalue weighted by atomic mass is 10.2. The van der Waals surface area contributed by atoms with E-state index in [1.807, 2.05) is 0 Å².